The minimum Gasteiger partial charge on any atom is -0.491 e. The number of ether oxygens (including phenoxy) is 2. The first-order valence-corrected chi connectivity index (χ1v) is 5.27. The first kappa shape index (κ1) is 12.6. The molecule has 1 aromatic carbocycles. The molecular weight excluding hydrogens is 202 g/mol. The molecule has 0 spiro atoms. The van der Waals surface area contributed by atoms with Crippen molar-refractivity contribution in [2.45, 2.75) is 6.42 Å². The van der Waals surface area contributed by atoms with Gasteiger partial charge in [0.1, 0.15) is 12.4 Å². The fourth-order valence-electron chi connectivity index (χ4n) is 1.11. The Morgan fingerprint density at radius 3 is 2.56 bits per heavy atom. The Balaban J connectivity index is 2.45. The van der Waals surface area contributed by atoms with E-state index in [9.17, 15) is 0 Å². The molecule has 0 aliphatic rings. The summed E-state index contributed by atoms with van der Waals surface area (Å²) in [6.07, 6.45) is 0.728. The van der Waals surface area contributed by atoms with Crippen LogP contribution in [0.4, 0.5) is 0 Å². The quantitative estimate of drug-likeness (QED) is 0.601. The standard InChI is InChI=1S/C13H17NO2/c1-15-10-11-16-13-7-5-12(6-8-13)4-2-3-9-14/h5-8H,3,9-11,14H2,1H3. The van der Waals surface area contributed by atoms with E-state index < -0.39 is 0 Å². The smallest absolute Gasteiger partial charge is 0.119 e. The van der Waals surface area contributed by atoms with Gasteiger partial charge in [-0.25, -0.2) is 0 Å². The summed E-state index contributed by atoms with van der Waals surface area (Å²) in [7, 11) is 1.65. The molecular formula is C13H17NO2. The maximum Gasteiger partial charge on any atom is 0.119 e. The molecule has 0 aromatic heterocycles. The lowest BCUT2D eigenvalue weighted by Crippen LogP contribution is -2.03. The van der Waals surface area contributed by atoms with Gasteiger partial charge in [0.05, 0.1) is 6.61 Å². The maximum atomic E-state index is 5.43. The molecule has 0 fully saturated rings. The highest BCUT2D eigenvalue weighted by Crippen LogP contribution is 2.11. The van der Waals surface area contributed by atoms with Gasteiger partial charge in [-0.2, -0.15) is 0 Å². The van der Waals surface area contributed by atoms with Crippen LogP contribution in [0.5, 0.6) is 5.75 Å². The average Bonchev–Trinajstić information content (AvgIpc) is 2.32. The molecule has 86 valence electrons. The van der Waals surface area contributed by atoms with E-state index in [1.807, 2.05) is 24.3 Å². The monoisotopic (exact) mass is 219 g/mol. The molecule has 0 aliphatic carbocycles. The SMILES string of the molecule is COCCOc1ccc(C#CCCN)cc1. The summed E-state index contributed by atoms with van der Waals surface area (Å²) in [5.41, 5.74) is 6.33. The number of nitrogens with two attached hydrogens (primary N) is 1. The molecule has 0 bridgehead atoms. The summed E-state index contributed by atoms with van der Waals surface area (Å²) in [5.74, 6) is 6.85. The Morgan fingerprint density at radius 1 is 1.19 bits per heavy atom. The van der Waals surface area contributed by atoms with Crippen LogP contribution in [0.15, 0.2) is 24.3 Å². The molecule has 0 unspecified atom stereocenters. The van der Waals surface area contributed by atoms with Gasteiger partial charge in [0.15, 0.2) is 0 Å². The van der Waals surface area contributed by atoms with E-state index >= 15 is 0 Å². The highest BCUT2D eigenvalue weighted by atomic mass is 16.5. The Hall–Kier alpha value is -1.50. The van der Waals surface area contributed by atoms with Crippen LogP contribution in [0.2, 0.25) is 0 Å². The van der Waals surface area contributed by atoms with E-state index in [-0.39, 0.29) is 0 Å². The van der Waals surface area contributed by atoms with Crippen LogP contribution in [-0.2, 0) is 4.74 Å². The van der Waals surface area contributed by atoms with Gasteiger partial charge in [0.2, 0.25) is 0 Å². The van der Waals surface area contributed by atoms with E-state index in [2.05, 4.69) is 11.8 Å². The summed E-state index contributed by atoms with van der Waals surface area (Å²) < 4.78 is 10.3. The second-order valence-corrected chi connectivity index (χ2v) is 3.21. The Morgan fingerprint density at radius 2 is 1.94 bits per heavy atom. The molecule has 2 N–H and O–H groups in total. The van der Waals surface area contributed by atoms with Crippen LogP contribution in [0.25, 0.3) is 0 Å². The average molecular weight is 219 g/mol. The molecule has 0 amide bonds. The molecule has 0 aliphatic heterocycles. The molecule has 0 saturated carbocycles. The zero-order valence-corrected chi connectivity index (χ0v) is 9.53. The van der Waals surface area contributed by atoms with Crippen molar-refractivity contribution < 1.29 is 9.47 Å². The third-order valence-corrected chi connectivity index (χ3v) is 1.91. The van der Waals surface area contributed by atoms with E-state index in [1.165, 1.54) is 0 Å². The van der Waals surface area contributed by atoms with Crippen molar-refractivity contribution >= 4 is 0 Å². The van der Waals surface area contributed by atoms with Crippen LogP contribution in [0.1, 0.15) is 12.0 Å². The number of benzene rings is 1. The summed E-state index contributed by atoms with van der Waals surface area (Å²) in [6.45, 7) is 1.76. The molecule has 16 heavy (non-hydrogen) atoms. The van der Waals surface area contributed by atoms with Crippen molar-refractivity contribution in [2.24, 2.45) is 5.73 Å². The second-order valence-electron chi connectivity index (χ2n) is 3.21. The lowest BCUT2D eigenvalue weighted by Gasteiger charge is -2.04. The van der Waals surface area contributed by atoms with E-state index in [0.29, 0.717) is 19.8 Å². The highest BCUT2D eigenvalue weighted by molar-refractivity contribution is 5.38. The zero-order chi connectivity index (χ0) is 11.6. The van der Waals surface area contributed by atoms with Gasteiger partial charge >= 0.3 is 0 Å². The predicted octanol–water partition coefficient (Wildman–Crippen LogP) is 1.41. The summed E-state index contributed by atoms with van der Waals surface area (Å²) in [6, 6.07) is 7.68. The maximum absolute atomic E-state index is 5.43. The molecule has 1 aromatic rings. The van der Waals surface area contributed by atoms with E-state index in [1.54, 1.807) is 7.11 Å². The van der Waals surface area contributed by atoms with Crippen LogP contribution < -0.4 is 10.5 Å². The summed E-state index contributed by atoms with van der Waals surface area (Å²) in [4.78, 5) is 0. The van der Waals surface area contributed by atoms with Gasteiger partial charge in [-0.1, -0.05) is 11.8 Å². The Bertz CT molecular complexity index is 348. The van der Waals surface area contributed by atoms with Gasteiger partial charge in [-0.05, 0) is 24.3 Å². The van der Waals surface area contributed by atoms with Crippen LogP contribution in [0, 0.1) is 11.8 Å². The fraction of sp³-hybridized carbons (Fsp3) is 0.385. The lowest BCUT2D eigenvalue weighted by molar-refractivity contribution is 0.146. The van der Waals surface area contributed by atoms with Crippen molar-refractivity contribution in [3.05, 3.63) is 29.8 Å². The Kier molecular flexibility index (Phi) is 6.09. The molecule has 1 rings (SSSR count). The molecule has 0 atom stereocenters. The van der Waals surface area contributed by atoms with Crippen LogP contribution >= 0.6 is 0 Å². The third-order valence-electron chi connectivity index (χ3n) is 1.91. The minimum atomic E-state index is 0.564. The van der Waals surface area contributed by atoms with E-state index in [4.69, 9.17) is 15.2 Å². The molecule has 0 saturated heterocycles. The van der Waals surface area contributed by atoms with Crippen molar-refractivity contribution in [3.8, 4) is 17.6 Å². The molecule has 0 heterocycles. The molecule has 3 nitrogen and oxygen atoms in total. The largest absolute Gasteiger partial charge is 0.491 e. The van der Waals surface area contributed by atoms with E-state index in [0.717, 1.165) is 17.7 Å². The number of rotatable bonds is 5. The van der Waals surface area contributed by atoms with Crippen LogP contribution in [0.3, 0.4) is 0 Å². The van der Waals surface area contributed by atoms with Gasteiger partial charge in [0.25, 0.3) is 0 Å². The molecule has 3 heteroatoms. The van der Waals surface area contributed by atoms with Gasteiger partial charge in [-0.15, -0.1) is 0 Å². The van der Waals surface area contributed by atoms with Gasteiger partial charge in [-0.3, -0.25) is 0 Å². The second kappa shape index (κ2) is 7.75. The summed E-state index contributed by atoms with van der Waals surface area (Å²) in [5, 5.41) is 0. The number of hydrogen-bond donors (Lipinski definition) is 1. The Labute approximate surface area is 96.6 Å². The first-order chi connectivity index (χ1) is 7.86. The topological polar surface area (TPSA) is 44.5 Å². The normalized spacial score (nSPS) is 9.38. The minimum absolute atomic E-state index is 0.564. The number of hydrogen-bond acceptors (Lipinski definition) is 3. The van der Waals surface area contributed by atoms with Crippen molar-refractivity contribution in [2.75, 3.05) is 26.9 Å². The number of methoxy groups -OCH3 is 1. The van der Waals surface area contributed by atoms with Crippen molar-refractivity contribution in [1.29, 1.82) is 0 Å². The fourth-order valence-corrected chi connectivity index (χ4v) is 1.11. The molecule has 0 radical (unpaired) electrons. The third kappa shape index (κ3) is 4.83. The zero-order valence-electron chi connectivity index (χ0n) is 9.53. The van der Waals surface area contributed by atoms with Gasteiger partial charge in [0, 0.05) is 25.6 Å². The highest BCUT2D eigenvalue weighted by Gasteiger charge is 1.92. The van der Waals surface area contributed by atoms with Crippen molar-refractivity contribution in [3.63, 3.8) is 0 Å². The first-order valence-electron chi connectivity index (χ1n) is 5.27. The van der Waals surface area contributed by atoms with Crippen molar-refractivity contribution in [1.82, 2.24) is 0 Å². The van der Waals surface area contributed by atoms with Crippen LogP contribution in [-0.4, -0.2) is 26.9 Å². The lowest BCUT2D eigenvalue weighted by atomic mass is 10.2. The van der Waals surface area contributed by atoms with Gasteiger partial charge < -0.3 is 15.2 Å². The summed E-state index contributed by atoms with van der Waals surface area (Å²) >= 11 is 0. The predicted molar refractivity (Wildman–Crippen MR) is 64.4 cm³/mol.